The maximum atomic E-state index is 11.7. The topological polar surface area (TPSA) is 91.9 Å². The predicted octanol–water partition coefficient (Wildman–Crippen LogP) is 1.78. The second-order valence-corrected chi connectivity index (χ2v) is 4.93. The van der Waals surface area contributed by atoms with Crippen molar-refractivity contribution >= 4 is 32.6 Å². The van der Waals surface area contributed by atoms with Crippen LogP contribution < -0.4 is 15.6 Å². The zero-order valence-corrected chi connectivity index (χ0v) is 11.3. The Balaban J connectivity index is 1.73. The fourth-order valence-corrected chi connectivity index (χ4v) is 2.49. The molecule has 3 N–H and O–H groups in total. The van der Waals surface area contributed by atoms with Crippen LogP contribution in [-0.4, -0.2) is 28.0 Å². The van der Waals surface area contributed by atoms with E-state index in [1.807, 2.05) is 18.2 Å². The van der Waals surface area contributed by atoms with Crippen molar-refractivity contribution in [3.63, 3.8) is 0 Å². The van der Waals surface area contributed by atoms with Crippen molar-refractivity contribution in [3.8, 4) is 5.75 Å². The lowest BCUT2D eigenvalue weighted by atomic mass is 10.3. The van der Waals surface area contributed by atoms with E-state index in [0.717, 1.165) is 16.0 Å². The van der Waals surface area contributed by atoms with Crippen molar-refractivity contribution in [1.82, 2.24) is 20.4 Å². The lowest BCUT2D eigenvalue weighted by Crippen LogP contribution is -2.29. The van der Waals surface area contributed by atoms with Crippen LogP contribution in [0.5, 0.6) is 5.75 Å². The molecule has 0 aliphatic rings. The van der Waals surface area contributed by atoms with Crippen molar-refractivity contribution in [2.75, 3.05) is 12.5 Å². The molecule has 2 aromatic heterocycles. The van der Waals surface area contributed by atoms with E-state index in [2.05, 4.69) is 25.8 Å². The highest BCUT2D eigenvalue weighted by Gasteiger charge is 2.08. The van der Waals surface area contributed by atoms with E-state index in [1.165, 1.54) is 23.9 Å². The van der Waals surface area contributed by atoms with E-state index < -0.39 is 0 Å². The van der Waals surface area contributed by atoms with Crippen molar-refractivity contribution in [3.05, 3.63) is 36.4 Å². The lowest BCUT2D eigenvalue weighted by molar-refractivity contribution is 0.0958. The molecular formula is C12H11N5O2S. The number of nitrogens with zero attached hydrogens (tertiary/aromatic N) is 2. The standard InChI is InChI=1S/C12H11N5O2S/c1-19-7-2-3-8-10(4-7)20-12(15-8)17-16-11(18)9-5-13-6-14-9/h2-6H,1H3,(H,13,14)(H,15,17)(H,16,18). The fourth-order valence-electron chi connectivity index (χ4n) is 1.64. The molecule has 1 aromatic carbocycles. The smallest absolute Gasteiger partial charge is 0.287 e. The Morgan fingerprint density at radius 3 is 3.10 bits per heavy atom. The third-order valence-electron chi connectivity index (χ3n) is 2.62. The Morgan fingerprint density at radius 1 is 1.45 bits per heavy atom. The molecule has 0 spiro atoms. The van der Waals surface area contributed by atoms with Crippen LogP contribution in [-0.2, 0) is 0 Å². The molecule has 0 atom stereocenters. The molecule has 0 unspecified atom stereocenters. The average Bonchev–Trinajstić information content (AvgIpc) is 3.12. The van der Waals surface area contributed by atoms with E-state index in [0.29, 0.717) is 10.8 Å². The monoisotopic (exact) mass is 289 g/mol. The zero-order valence-electron chi connectivity index (χ0n) is 10.5. The number of ether oxygens (including phenoxy) is 1. The number of carbonyl (C=O) groups is 1. The lowest BCUT2D eigenvalue weighted by Gasteiger charge is -2.02. The Bertz CT molecular complexity index is 737. The third-order valence-corrected chi connectivity index (χ3v) is 3.56. The Kier molecular flexibility index (Phi) is 3.21. The molecule has 3 aromatic rings. The number of benzene rings is 1. The number of aromatic amines is 1. The van der Waals surface area contributed by atoms with Gasteiger partial charge >= 0.3 is 0 Å². The molecule has 0 saturated carbocycles. The molecule has 8 heteroatoms. The number of thiazole rings is 1. The first kappa shape index (κ1) is 12.4. The molecule has 0 bridgehead atoms. The van der Waals surface area contributed by atoms with Crippen molar-refractivity contribution in [2.45, 2.75) is 0 Å². The number of anilines is 1. The summed E-state index contributed by atoms with van der Waals surface area (Å²) >= 11 is 1.42. The quantitative estimate of drug-likeness (QED) is 0.637. The van der Waals surface area contributed by atoms with Crippen LogP contribution in [0.15, 0.2) is 30.7 Å². The molecule has 3 rings (SSSR count). The fraction of sp³-hybridized carbons (Fsp3) is 0.0833. The van der Waals surface area contributed by atoms with Gasteiger partial charge in [-0.05, 0) is 18.2 Å². The Hall–Kier alpha value is -2.61. The summed E-state index contributed by atoms with van der Waals surface area (Å²) < 4.78 is 6.13. The van der Waals surface area contributed by atoms with Gasteiger partial charge in [0, 0.05) is 0 Å². The number of amides is 1. The number of H-pyrrole nitrogens is 1. The molecule has 0 radical (unpaired) electrons. The molecule has 0 aliphatic heterocycles. The van der Waals surface area contributed by atoms with Crippen LogP contribution in [0.25, 0.3) is 10.2 Å². The number of hydrogen-bond acceptors (Lipinski definition) is 6. The molecule has 0 fully saturated rings. The van der Waals surface area contributed by atoms with Gasteiger partial charge in [0.25, 0.3) is 5.91 Å². The molecule has 20 heavy (non-hydrogen) atoms. The minimum absolute atomic E-state index is 0.306. The van der Waals surface area contributed by atoms with Crippen LogP contribution in [0.3, 0.4) is 0 Å². The normalized spacial score (nSPS) is 10.4. The SMILES string of the molecule is COc1ccc2nc(NNC(=O)c3cnc[nH]3)sc2c1. The average molecular weight is 289 g/mol. The van der Waals surface area contributed by atoms with Crippen molar-refractivity contribution < 1.29 is 9.53 Å². The number of hydrogen-bond donors (Lipinski definition) is 3. The summed E-state index contributed by atoms with van der Waals surface area (Å²) in [5, 5.41) is 0.598. The van der Waals surface area contributed by atoms with Gasteiger partial charge in [-0.25, -0.2) is 9.97 Å². The van der Waals surface area contributed by atoms with Crippen LogP contribution in [0.4, 0.5) is 5.13 Å². The minimum atomic E-state index is -0.306. The van der Waals surface area contributed by atoms with Crippen LogP contribution in [0.2, 0.25) is 0 Å². The van der Waals surface area contributed by atoms with Gasteiger partial charge < -0.3 is 9.72 Å². The van der Waals surface area contributed by atoms with Gasteiger partial charge in [-0.15, -0.1) is 0 Å². The maximum absolute atomic E-state index is 11.7. The van der Waals surface area contributed by atoms with Gasteiger partial charge in [0.05, 0.1) is 29.9 Å². The third kappa shape index (κ3) is 2.41. The van der Waals surface area contributed by atoms with Crippen molar-refractivity contribution in [2.24, 2.45) is 0 Å². The molecule has 102 valence electrons. The summed E-state index contributed by atoms with van der Waals surface area (Å²) in [6.45, 7) is 0. The van der Waals surface area contributed by atoms with Crippen molar-refractivity contribution in [1.29, 1.82) is 0 Å². The Labute approximate surface area is 118 Å². The molecule has 7 nitrogen and oxygen atoms in total. The number of imidazole rings is 1. The maximum Gasteiger partial charge on any atom is 0.287 e. The van der Waals surface area contributed by atoms with Gasteiger partial charge in [0.2, 0.25) is 5.13 Å². The molecule has 0 aliphatic carbocycles. The van der Waals surface area contributed by atoms with Gasteiger partial charge in [0.1, 0.15) is 11.4 Å². The first-order valence-corrected chi connectivity index (χ1v) is 6.57. The molecule has 0 saturated heterocycles. The van der Waals surface area contributed by atoms with Gasteiger partial charge in [-0.1, -0.05) is 11.3 Å². The summed E-state index contributed by atoms with van der Waals surface area (Å²) in [5.41, 5.74) is 6.54. The van der Waals surface area contributed by atoms with Crippen LogP contribution in [0.1, 0.15) is 10.5 Å². The first-order chi connectivity index (χ1) is 9.76. The largest absolute Gasteiger partial charge is 0.497 e. The highest BCUT2D eigenvalue weighted by Crippen LogP contribution is 2.28. The van der Waals surface area contributed by atoms with E-state index >= 15 is 0 Å². The molecule has 2 heterocycles. The van der Waals surface area contributed by atoms with Crippen LogP contribution >= 0.6 is 11.3 Å². The highest BCUT2D eigenvalue weighted by atomic mass is 32.1. The Morgan fingerprint density at radius 2 is 2.35 bits per heavy atom. The predicted molar refractivity (Wildman–Crippen MR) is 75.8 cm³/mol. The molecule has 1 amide bonds. The summed E-state index contributed by atoms with van der Waals surface area (Å²) in [6, 6.07) is 5.61. The van der Waals surface area contributed by atoms with Gasteiger partial charge in [-0.3, -0.25) is 15.6 Å². The number of aromatic nitrogens is 3. The zero-order chi connectivity index (χ0) is 13.9. The minimum Gasteiger partial charge on any atom is -0.497 e. The van der Waals surface area contributed by atoms with Crippen LogP contribution in [0, 0.1) is 0 Å². The van der Waals surface area contributed by atoms with E-state index in [9.17, 15) is 4.79 Å². The number of hydrazine groups is 1. The van der Waals surface area contributed by atoms with E-state index in [1.54, 1.807) is 7.11 Å². The number of carbonyl (C=O) groups excluding carboxylic acids is 1. The van der Waals surface area contributed by atoms with E-state index in [-0.39, 0.29) is 5.91 Å². The number of methoxy groups -OCH3 is 1. The number of rotatable bonds is 4. The van der Waals surface area contributed by atoms with Gasteiger partial charge in [-0.2, -0.15) is 0 Å². The van der Waals surface area contributed by atoms with E-state index in [4.69, 9.17) is 4.74 Å². The number of nitrogens with one attached hydrogen (secondary N) is 3. The summed E-state index contributed by atoms with van der Waals surface area (Å²) in [5.74, 6) is 0.466. The number of fused-ring (bicyclic) bond motifs is 1. The highest BCUT2D eigenvalue weighted by molar-refractivity contribution is 7.22. The summed E-state index contributed by atoms with van der Waals surface area (Å²) in [7, 11) is 1.62. The molecular weight excluding hydrogens is 278 g/mol. The first-order valence-electron chi connectivity index (χ1n) is 5.75. The second-order valence-electron chi connectivity index (χ2n) is 3.90. The van der Waals surface area contributed by atoms with Gasteiger partial charge in [0.15, 0.2) is 0 Å². The summed E-state index contributed by atoms with van der Waals surface area (Å²) in [4.78, 5) is 22.6. The summed E-state index contributed by atoms with van der Waals surface area (Å²) in [6.07, 6.45) is 2.89. The second kappa shape index (κ2) is 5.17.